The van der Waals surface area contributed by atoms with Crippen LogP contribution >= 0.6 is 0 Å². The average molecular weight is 665 g/mol. The lowest BCUT2D eigenvalue weighted by Crippen LogP contribution is -2.49. The molecule has 1 aliphatic heterocycles. The van der Waals surface area contributed by atoms with Crippen molar-refractivity contribution in [3.63, 3.8) is 0 Å². The first-order chi connectivity index (χ1) is 21.0. The number of anilines is 3. The predicted molar refractivity (Wildman–Crippen MR) is 180 cm³/mol. The summed E-state index contributed by atoms with van der Waals surface area (Å²) in [4.78, 5) is 28.0. The highest BCUT2D eigenvalue weighted by Gasteiger charge is 2.27. The zero-order chi connectivity index (χ0) is 33.4. The largest absolute Gasteiger partial charge is 0.444 e. The molecule has 1 atom stereocenters. The van der Waals surface area contributed by atoms with Crippen LogP contribution in [-0.2, 0) is 24.6 Å². The summed E-state index contributed by atoms with van der Waals surface area (Å²) in [5.74, 6) is -0.466. The van der Waals surface area contributed by atoms with Crippen LogP contribution in [0.25, 0.3) is 0 Å². The van der Waals surface area contributed by atoms with Gasteiger partial charge in [-0.15, -0.1) is 0 Å². The minimum atomic E-state index is -3.72. The molecule has 250 valence electrons. The molecular weight excluding hydrogens is 617 g/mol. The second-order valence-corrected chi connectivity index (χ2v) is 16.7. The summed E-state index contributed by atoms with van der Waals surface area (Å²) >= 11 is 0. The number of rotatable bonds is 13. The van der Waals surface area contributed by atoms with Gasteiger partial charge in [0.25, 0.3) is 5.91 Å². The Labute approximate surface area is 268 Å². The number of piperidine rings is 1. The lowest BCUT2D eigenvalue weighted by molar-refractivity contribution is 0.0499. The molecule has 1 fully saturated rings. The highest BCUT2D eigenvalue weighted by molar-refractivity contribution is 7.92. The number of carbonyl (C=O) groups excluding carboxylic acids is 2. The van der Waals surface area contributed by atoms with E-state index in [4.69, 9.17) is 4.74 Å². The highest BCUT2D eigenvalue weighted by Crippen LogP contribution is 2.30. The number of sulfone groups is 1. The van der Waals surface area contributed by atoms with Gasteiger partial charge in [-0.25, -0.2) is 21.6 Å². The molecule has 3 rings (SSSR count). The van der Waals surface area contributed by atoms with Crippen LogP contribution in [-0.4, -0.2) is 72.6 Å². The monoisotopic (exact) mass is 664 g/mol. The van der Waals surface area contributed by atoms with Crippen LogP contribution in [0.5, 0.6) is 0 Å². The Morgan fingerprint density at radius 3 is 2.29 bits per heavy atom. The lowest BCUT2D eigenvalue weighted by Gasteiger charge is -2.35. The minimum Gasteiger partial charge on any atom is -0.444 e. The van der Waals surface area contributed by atoms with Gasteiger partial charge >= 0.3 is 6.09 Å². The second kappa shape index (κ2) is 15.3. The van der Waals surface area contributed by atoms with E-state index in [0.717, 1.165) is 49.1 Å². The van der Waals surface area contributed by atoms with Crippen molar-refractivity contribution < 1.29 is 31.2 Å². The molecule has 1 saturated heterocycles. The Hall–Kier alpha value is -3.32. The summed E-state index contributed by atoms with van der Waals surface area (Å²) in [7, 11) is -5.77. The van der Waals surface area contributed by atoms with Gasteiger partial charge in [-0.1, -0.05) is 32.6 Å². The second-order valence-electron chi connectivity index (χ2n) is 12.6. The van der Waals surface area contributed by atoms with Crippen molar-refractivity contribution in [3.05, 3.63) is 48.0 Å². The number of amides is 2. The van der Waals surface area contributed by atoms with E-state index in [0.29, 0.717) is 30.9 Å². The van der Waals surface area contributed by atoms with Gasteiger partial charge in [0.15, 0.2) is 9.84 Å². The van der Waals surface area contributed by atoms with E-state index in [-0.39, 0.29) is 27.9 Å². The maximum Gasteiger partial charge on any atom is 0.407 e. The standard InChI is InChI=1S/C32H48N4O7S2/c1-7-8-9-10-11-21-45(41,42)27-17-14-24(15-18-27)33-30(37)28-19-16-26(22-29(28)35(5)44(6,39)40)36-20-12-13-25(23-36)34-31(38)43-32(2,3)4/h14-19,22,25H,7-13,20-21,23H2,1-6H3,(H,33,37)(H,34,38). The van der Waals surface area contributed by atoms with Gasteiger partial charge in [0, 0.05) is 37.6 Å². The Morgan fingerprint density at radius 1 is 1.00 bits per heavy atom. The Balaban J connectivity index is 1.77. The predicted octanol–water partition coefficient (Wildman–Crippen LogP) is 5.57. The van der Waals surface area contributed by atoms with Crippen molar-refractivity contribution in [2.24, 2.45) is 0 Å². The number of hydrogen-bond donors (Lipinski definition) is 2. The van der Waals surface area contributed by atoms with Crippen molar-refractivity contribution >= 4 is 48.9 Å². The summed E-state index contributed by atoms with van der Waals surface area (Å²) < 4.78 is 57.1. The smallest absolute Gasteiger partial charge is 0.407 e. The van der Waals surface area contributed by atoms with Gasteiger partial charge in [0.2, 0.25) is 10.0 Å². The molecule has 2 amide bonds. The number of sulfonamides is 1. The highest BCUT2D eigenvalue weighted by atomic mass is 32.2. The Bertz CT molecular complexity index is 1540. The summed E-state index contributed by atoms with van der Waals surface area (Å²) in [6.07, 6.45) is 6.79. The maximum absolute atomic E-state index is 13.4. The molecule has 0 aliphatic carbocycles. The third kappa shape index (κ3) is 10.9. The normalized spacial score (nSPS) is 15.8. The van der Waals surface area contributed by atoms with E-state index in [2.05, 4.69) is 17.6 Å². The number of unbranched alkanes of at least 4 members (excludes halogenated alkanes) is 4. The van der Waals surface area contributed by atoms with Crippen LogP contribution in [0, 0.1) is 0 Å². The van der Waals surface area contributed by atoms with Gasteiger partial charge in [0.05, 0.1) is 28.2 Å². The van der Waals surface area contributed by atoms with Crippen LogP contribution in [0.15, 0.2) is 47.4 Å². The average Bonchev–Trinajstić information content (AvgIpc) is 2.95. The molecule has 11 nitrogen and oxygen atoms in total. The van der Waals surface area contributed by atoms with Crippen molar-refractivity contribution in [1.29, 1.82) is 0 Å². The number of ether oxygens (including phenoxy) is 1. The van der Waals surface area contributed by atoms with E-state index in [1.54, 1.807) is 39.0 Å². The van der Waals surface area contributed by atoms with E-state index < -0.39 is 37.5 Å². The van der Waals surface area contributed by atoms with Crippen LogP contribution in [0.4, 0.5) is 21.9 Å². The first-order valence-corrected chi connectivity index (χ1v) is 19.0. The van der Waals surface area contributed by atoms with Gasteiger partial charge in [-0.05, 0) is 82.5 Å². The zero-order valence-corrected chi connectivity index (χ0v) is 28.9. The number of alkyl carbamates (subject to hydrolysis) is 1. The summed E-state index contributed by atoms with van der Waals surface area (Å²) in [5, 5.41) is 5.68. The number of carbonyl (C=O) groups is 2. The van der Waals surface area contributed by atoms with Gasteiger partial charge in [-0.2, -0.15) is 0 Å². The number of benzene rings is 2. The number of hydrogen-bond acceptors (Lipinski definition) is 8. The molecule has 0 saturated carbocycles. The topological polar surface area (TPSA) is 142 Å². The number of nitrogens with one attached hydrogen (secondary N) is 2. The van der Waals surface area contributed by atoms with Gasteiger partial charge in [-0.3, -0.25) is 9.10 Å². The van der Waals surface area contributed by atoms with Crippen LogP contribution in [0.3, 0.4) is 0 Å². The van der Waals surface area contributed by atoms with Crippen LogP contribution in [0.1, 0.15) is 83.0 Å². The quantitative estimate of drug-likeness (QED) is 0.265. The van der Waals surface area contributed by atoms with Crippen molar-refractivity contribution in [1.82, 2.24) is 5.32 Å². The van der Waals surface area contributed by atoms with E-state index in [1.807, 2.05) is 4.90 Å². The van der Waals surface area contributed by atoms with Crippen molar-refractivity contribution in [2.45, 2.75) is 89.2 Å². The van der Waals surface area contributed by atoms with Gasteiger partial charge in [0.1, 0.15) is 5.60 Å². The third-order valence-electron chi connectivity index (χ3n) is 7.56. The Morgan fingerprint density at radius 2 is 1.67 bits per heavy atom. The molecule has 1 unspecified atom stereocenters. The molecule has 2 aromatic carbocycles. The summed E-state index contributed by atoms with van der Waals surface area (Å²) in [6, 6.07) is 10.8. The molecule has 45 heavy (non-hydrogen) atoms. The maximum atomic E-state index is 13.4. The zero-order valence-electron chi connectivity index (χ0n) is 27.3. The molecule has 13 heteroatoms. The fourth-order valence-electron chi connectivity index (χ4n) is 5.11. The third-order valence-corrected chi connectivity index (χ3v) is 10.6. The van der Waals surface area contributed by atoms with Crippen LogP contribution < -0.4 is 19.8 Å². The molecule has 1 aliphatic rings. The SMILES string of the molecule is CCCCCCCS(=O)(=O)c1ccc(NC(=O)c2ccc(N3CCCC(NC(=O)OC(C)(C)C)C3)cc2N(C)S(C)(=O)=O)cc1. The van der Waals surface area contributed by atoms with Crippen molar-refractivity contribution in [3.8, 4) is 0 Å². The minimum absolute atomic E-state index is 0.0742. The molecule has 2 N–H and O–H groups in total. The van der Waals surface area contributed by atoms with Crippen molar-refractivity contribution in [2.75, 3.05) is 46.7 Å². The number of nitrogens with zero attached hydrogens (tertiary/aromatic N) is 2. The van der Waals surface area contributed by atoms with Gasteiger partial charge < -0.3 is 20.3 Å². The molecule has 0 aromatic heterocycles. The fraction of sp³-hybridized carbons (Fsp3) is 0.562. The molecule has 2 aromatic rings. The molecule has 0 spiro atoms. The van der Waals surface area contributed by atoms with E-state index >= 15 is 0 Å². The summed E-state index contributed by atoms with van der Waals surface area (Å²) in [6.45, 7) is 8.68. The van der Waals surface area contributed by atoms with E-state index in [9.17, 15) is 26.4 Å². The molecular formula is C32H48N4O7S2. The van der Waals surface area contributed by atoms with Crippen LogP contribution in [0.2, 0.25) is 0 Å². The molecule has 0 bridgehead atoms. The fourth-order valence-corrected chi connectivity index (χ4v) is 6.99. The molecule has 0 radical (unpaired) electrons. The van der Waals surface area contributed by atoms with E-state index in [1.165, 1.54) is 31.3 Å². The first-order valence-electron chi connectivity index (χ1n) is 15.5. The lowest BCUT2D eigenvalue weighted by atomic mass is 10.0. The summed E-state index contributed by atoms with van der Waals surface area (Å²) in [5.41, 5.74) is 0.795. The molecule has 1 heterocycles. The Kier molecular flexibility index (Phi) is 12.3. The first kappa shape index (κ1) is 36.2.